The molecule has 1 atom stereocenters. The monoisotopic (exact) mass is 244 g/mol. The number of carboxylic acid groups (broad SMARTS) is 1. The Hall–Kier alpha value is -0.810. The van der Waals surface area contributed by atoms with Gasteiger partial charge in [0.15, 0.2) is 0 Å². The summed E-state index contributed by atoms with van der Waals surface area (Å²) in [5, 5.41) is 18.3. The fraction of sp³-hybridized carbons (Fsp3) is 0.917. The number of hydrogen-bond donors (Lipinski definition) is 2. The van der Waals surface area contributed by atoms with E-state index < -0.39 is 6.09 Å². The molecule has 0 unspecified atom stereocenters. The predicted octanol–water partition coefficient (Wildman–Crippen LogP) is 1.22. The zero-order chi connectivity index (χ0) is 13.1. The lowest BCUT2D eigenvalue weighted by Gasteiger charge is -2.44. The molecular weight excluding hydrogens is 220 g/mol. The van der Waals surface area contributed by atoms with Crippen LogP contribution in [0.1, 0.15) is 33.6 Å². The number of piperidine rings is 1. The van der Waals surface area contributed by atoms with E-state index in [1.807, 2.05) is 20.8 Å². The fourth-order valence-corrected chi connectivity index (χ4v) is 2.58. The highest BCUT2D eigenvalue weighted by Crippen LogP contribution is 2.23. The Morgan fingerprint density at radius 3 is 2.59 bits per heavy atom. The van der Waals surface area contributed by atoms with E-state index in [-0.39, 0.29) is 18.2 Å². The van der Waals surface area contributed by atoms with Crippen molar-refractivity contribution in [1.82, 2.24) is 9.80 Å². The van der Waals surface area contributed by atoms with Crippen LogP contribution in [0.15, 0.2) is 0 Å². The van der Waals surface area contributed by atoms with Gasteiger partial charge in [-0.25, -0.2) is 4.79 Å². The molecule has 1 aliphatic rings. The highest BCUT2D eigenvalue weighted by molar-refractivity contribution is 5.66. The van der Waals surface area contributed by atoms with Crippen molar-refractivity contribution in [2.75, 3.05) is 26.2 Å². The number of amides is 1. The smallest absolute Gasteiger partial charge is 0.408 e. The van der Waals surface area contributed by atoms with Crippen molar-refractivity contribution in [3.63, 3.8) is 0 Å². The number of nitrogens with zero attached hydrogens (tertiary/aromatic N) is 2. The minimum Gasteiger partial charge on any atom is -0.465 e. The second-order valence-electron chi connectivity index (χ2n) is 5.64. The van der Waals surface area contributed by atoms with Crippen molar-refractivity contribution in [3.8, 4) is 0 Å². The van der Waals surface area contributed by atoms with Gasteiger partial charge < -0.3 is 10.2 Å². The predicted molar refractivity (Wildman–Crippen MR) is 66.2 cm³/mol. The standard InChI is InChI=1S/C12H24N2O3/c1-12(2,3)14(11(16)17)10-5-4-6-13(9-10)7-8-15/h10,15H,4-9H2,1-3H3,(H,16,17)/t10-/m1/s1. The minimum absolute atomic E-state index is 0.0350. The number of hydrogen-bond acceptors (Lipinski definition) is 3. The molecule has 17 heavy (non-hydrogen) atoms. The van der Waals surface area contributed by atoms with Crippen molar-refractivity contribution < 1.29 is 15.0 Å². The molecule has 5 nitrogen and oxygen atoms in total. The lowest BCUT2D eigenvalue weighted by Crippen LogP contribution is -2.57. The van der Waals surface area contributed by atoms with Gasteiger partial charge in [-0.2, -0.15) is 0 Å². The van der Waals surface area contributed by atoms with E-state index in [1.54, 1.807) is 4.90 Å². The second kappa shape index (κ2) is 5.69. The maximum Gasteiger partial charge on any atom is 0.408 e. The first kappa shape index (κ1) is 14.3. The molecule has 0 bridgehead atoms. The van der Waals surface area contributed by atoms with Gasteiger partial charge in [-0.3, -0.25) is 9.80 Å². The van der Waals surface area contributed by atoms with Crippen LogP contribution in [-0.4, -0.2) is 63.9 Å². The molecule has 1 amide bonds. The van der Waals surface area contributed by atoms with Crippen LogP contribution in [0.2, 0.25) is 0 Å². The summed E-state index contributed by atoms with van der Waals surface area (Å²) in [5.41, 5.74) is -0.376. The molecule has 100 valence electrons. The zero-order valence-corrected chi connectivity index (χ0v) is 11.0. The molecule has 0 aromatic heterocycles. The summed E-state index contributed by atoms with van der Waals surface area (Å²) in [4.78, 5) is 15.1. The van der Waals surface area contributed by atoms with E-state index in [4.69, 9.17) is 5.11 Å². The van der Waals surface area contributed by atoms with Crippen LogP contribution in [0.3, 0.4) is 0 Å². The zero-order valence-electron chi connectivity index (χ0n) is 11.0. The molecule has 1 fully saturated rings. The Morgan fingerprint density at radius 1 is 1.47 bits per heavy atom. The maximum absolute atomic E-state index is 11.4. The Morgan fingerprint density at radius 2 is 2.12 bits per heavy atom. The van der Waals surface area contributed by atoms with E-state index in [0.29, 0.717) is 6.54 Å². The molecule has 0 saturated carbocycles. The molecule has 0 aromatic rings. The quantitative estimate of drug-likeness (QED) is 0.783. The van der Waals surface area contributed by atoms with E-state index >= 15 is 0 Å². The second-order valence-corrected chi connectivity index (χ2v) is 5.64. The fourth-order valence-electron chi connectivity index (χ4n) is 2.58. The van der Waals surface area contributed by atoms with Gasteiger partial charge in [-0.05, 0) is 40.2 Å². The molecule has 0 aromatic carbocycles. The maximum atomic E-state index is 11.4. The molecule has 5 heteroatoms. The first-order chi connectivity index (χ1) is 7.86. The molecule has 0 spiro atoms. The molecule has 2 N–H and O–H groups in total. The van der Waals surface area contributed by atoms with Crippen LogP contribution in [0.5, 0.6) is 0 Å². The molecular formula is C12H24N2O3. The highest BCUT2D eigenvalue weighted by Gasteiger charge is 2.35. The molecule has 1 heterocycles. The van der Waals surface area contributed by atoms with Crippen molar-refractivity contribution in [2.24, 2.45) is 0 Å². The topological polar surface area (TPSA) is 64.0 Å². The normalized spacial score (nSPS) is 22.5. The summed E-state index contributed by atoms with van der Waals surface area (Å²) >= 11 is 0. The van der Waals surface area contributed by atoms with Gasteiger partial charge >= 0.3 is 6.09 Å². The van der Waals surface area contributed by atoms with E-state index in [9.17, 15) is 9.90 Å². The summed E-state index contributed by atoms with van der Waals surface area (Å²) in [7, 11) is 0. The number of β-amino-alcohol motifs (C(OH)–C–C–N with tert-alkyl or cyclic N) is 1. The van der Waals surface area contributed by atoms with Gasteiger partial charge in [-0.1, -0.05) is 0 Å². The third-order valence-electron chi connectivity index (χ3n) is 3.19. The van der Waals surface area contributed by atoms with Crippen molar-refractivity contribution in [2.45, 2.75) is 45.2 Å². The van der Waals surface area contributed by atoms with Gasteiger partial charge in [0.25, 0.3) is 0 Å². The van der Waals surface area contributed by atoms with Crippen molar-refractivity contribution >= 4 is 6.09 Å². The Bertz CT molecular complexity index is 261. The first-order valence-electron chi connectivity index (χ1n) is 6.21. The SMILES string of the molecule is CC(C)(C)N(C(=O)O)[C@@H]1CCCN(CCO)C1. The number of likely N-dealkylation sites (tertiary alicyclic amines) is 1. The van der Waals surface area contributed by atoms with Crippen molar-refractivity contribution in [1.29, 1.82) is 0 Å². The van der Waals surface area contributed by atoms with Crippen LogP contribution in [0.25, 0.3) is 0 Å². The summed E-state index contributed by atoms with van der Waals surface area (Å²) in [6.07, 6.45) is 1.05. The van der Waals surface area contributed by atoms with Crippen LogP contribution in [-0.2, 0) is 0 Å². The van der Waals surface area contributed by atoms with Crippen LogP contribution >= 0.6 is 0 Å². The highest BCUT2D eigenvalue weighted by atomic mass is 16.4. The molecule has 1 saturated heterocycles. The summed E-state index contributed by atoms with van der Waals surface area (Å²) < 4.78 is 0. The lowest BCUT2D eigenvalue weighted by molar-refractivity contribution is 0.0329. The van der Waals surface area contributed by atoms with E-state index in [2.05, 4.69) is 4.90 Å². The van der Waals surface area contributed by atoms with Gasteiger partial charge in [0.05, 0.1) is 6.61 Å². The van der Waals surface area contributed by atoms with Gasteiger partial charge in [-0.15, -0.1) is 0 Å². The minimum atomic E-state index is -0.853. The summed E-state index contributed by atoms with van der Waals surface area (Å²) in [5.74, 6) is 0. The Labute approximate surface area is 103 Å². The Kier molecular flexibility index (Phi) is 4.77. The van der Waals surface area contributed by atoms with Crippen molar-refractivity contribution in [3.05, 3.63) is 0 Å². The van der Waals surface area contributed by atoms with E-state index in [1.165, 1.54) is 0 Å². The van der Waals surface area contributed by atoms with Crippen LogP contribution in [0.4, 0.5) is 4.79 Å². The molecule has 0 radical (unpaired) electrons. The number of rotatable bonds is 3. The van der Waals surface area contributed by atoms with Gasteiger partial charge in [0.1, 0.15) is 0 Å². The molecule has 1 aliphatic heterocycles. The average molecular weight is 244 g/mol. The molecule has 0 aliphatic carbocycles. The number of aliphatic hydroxyl groups excluding tert-OH is 1. The average Bonchev–Trinajstić information content (AvgIpc) is 2.15. The lowest BCUT2D eigenvalue weighted by atomic mass is 9.98. The third-order valence-corrected chi connectivity index (χ3v) is 3.19. The van der Waals surface area contributed by atoms with Gasteiger partial charge in [0, 0.05) is 24.7 Å². The molecule has 1 rings (SSSR count). The largest absolute Gasteiger partial charge is 0.465 e. The van der Waals surface area contributed by atoms with E-state index in [0.717, 1.165) is 25.9 Å². The van der Waals surface area contributed by atoms with Crippen LogP contribution in [0, 0.1) is 0 Å². The summed E-state index contributed by atoms with van der Waals surface area (Å²) in [6, 6.07) is 0.0350. The number of aliphatic hydroxyl groups is 1. The van der Waals surface area contributed by atoms with Crippen LogP contribution < -0.4 is 0 Å². The van der Waals surface area contributed by atoms with Gasteiger partial charge in [0.2, 0.25) is 0 Å². The summed E-state index contributed by atoms with van der Waals surface area (Å²) in [6.45, 7) is 8.21. The third kappa shape index (κ3) is 3.85. The first-order valence-corrected chi connectivity index (χ1v) is 6.21. The number of carbonyl (C=O) groups is 1. The Balaban J connectivity index is 2.71.